The normalized spacial score (nSPS) is 10.8. The highest BCUT2D eigenvalue weighted by Crippen LogP contribution is 2.38. The second kappa shape index (κ2) is 11.5. The van der Waals surface area contributed by atoms with Crippen LogP contribution in [-0.4, -0.2) is 19.5 Å². The summed E-state index contributed by atoms with van der Waals surface area (Å²) >= 11 is 0. The van der Waals surface area contributed by atoms with Gasteiger partial charge in [-0.3, -0.25) is 0 Å². The Kier molecular flexibility index (Phi) is 7.02. The fourth-order valence-corrected chi connectivity index (χ4v) is 6.15. The third-order valence-electron chi connectivity index (χ3n) is 8.23. The van der Waals surface area contributed by atoms with Crippen LogP contribution in [0, 0.1) is 43.1 Å². The van der Waals surface area contributed by atoms with Crippen LogP contribution in [0.3, 0.4) is 0 Å². The topological polar surface area (TPSA) is 95.5 Å². The summed E-state index contributed by atoms with van der Waals surface area (Å²) in [7, 11) is 0. The quantitative estimate of drug-likeness (QED) is 0.186. The summed E-state index contributed by atoms with van der Waals surface area (Å²) in [6.45, 7) is 11.9. The number of hydrogen-bond donors (Lipinski definition) is 0. The van der Waals surface area contributed by atoms with Gasteiger partial charge in [0, 0.05) is 28.4 Å². The Balaban J connectivity index is 1.51. The lowest BCUT2D eigenvalue weighted by molar-refractivity contribution is 0.864. The Morgan fingerprint density at radius 3 is 1.96 bits per heavy atom. The van der Waals surface area contributed by atoms with Crippen molar-refractivity contribution in [1.82, 2.24) is 19.5 Å². The summed E-state index contributed by atoms with van der Waals surface area (Å²) in [5.74, 6) is 1.74. The summed E-state index contributed by atoms with van der Waals surface area (Å²) in [6, 6.07) is 38.1. The van der Waals surface area contributed by atoms with Crippen LogP contribution in [0.25, 0.3) is 60.3 Å². The summed E-state index contributed by atoms with van der Waals surface area (Å²) in [4.78, 5) is 17.4. The molecule has 0 N–H and O–H groups in total. The van der Waals surface area contributed by atoms with E-state index in [0.29, 0.717) is 40.8 Å². The molecule has 0 saturated carbocycles. The first-order valence-electron chi connectivity index (χ1n) is 14.7. The molecule has 0 bridgehead atoms. The van der Waals surface area contributed by atoms with Crippen molar-refractivity contribution < 1.29 is 0 Å². The lowest BCUT2D eigenvalue weighted by Crippen LogP contribution is -2.05. The summed E-state index contributed by atoms with van der Waals surface area (Å²) < 4.78 is 2.26. The number of benzene rings is 5. The van der Waals surface area contributed by atoms with Gasteiger partial charge in [0.2, 0.25) is 0 Å². The molecule has 0 fully saturated rings. The number of nitriles is 2. The molecule has 0 spiro atoms. The second-order valence-corrected chi connectivity index (χ2v) is 11.1. The maximum atomic E-state index is 9.84. The van der Waals surface area contributed by atoms with Crippen LogP contribution >= 0.6 is 0 Å². The minimum absolute atomic E-state index is 0.460. The minimum atomic E-state index is 0.460. The van der Waals surface area contributed by atoms with E-state index in [0.717, 1.165) is 55.2 Å². The van der Waals surface area contributed by atoms with Gasteiger partial charge in [-0.15, -0.1) is 0 Å². The van der Waals surface area contributed by atoms with Crippen LogP contribution in [0.1, 0.15) is 28.3 Å². The van der Waals surface area contributed by atoms with E-state index in [4.69, 9.17) is 6.57 Å². The van der Waals surface area contributed by atoms with E-state index >= 15 is 0 Å². The van der Waals surface area contributed by atoms with Gasteiger partial charge in [-0.05, 0) is 72.0 Å². The highest BCUT2D eigenvalue weighted by Gasteiger charge is 2.18. The van der Waals surface area contributed by atoms with Gasteiger partial charge in [0.05, 0.1) is 35.4 Å². The molecule has 46 heavy (non-hydrogen) atoms. The van der Waals surface area contributed by atoms with Gasteiger partial charge >= 0.3 is 0 Å². The van der Waals surface area contributed by atoms with Crippen molar-refractivity contribution in [1.29, 1.82) is 10.5 Å². The van der Waals surface area contributed by atoms with Gasteiger partial charge < -0.3 is 4.57 Å². The molecule has 0 aliphatic carbocycles. The molecule has 7 aromatic rings. The van der Waals surface area contributed by atoms with Crippen LogP contribution < -0.4 is 0 Å². The predicted molar refractivity (Wildman–Crippen MR) is 180 cm³/mol. The number of aryl methyl sites for hydroxylation is 2. The molecular weight excluding hydrogens is 566 g/mol. The molecule has 0 amide bonds. The number of para-hydroxylation sites is 1. The van der Waals surface area contributed by atoms with Gasteiger partial charge in [-0.1, -0.05) is 72.8 Å². The first-order valence-corrected chi connectivity index (χ1v) is 14.7. The van der Waals surface area contributed by atoms with Crippen molar-refractivity contribution in [2.45, 2.75) is 20.4 Å². The minimum Gasteiger partial charge on any atom is -0.336 e. The van der Waals surface area contributed by atoms with E-state index in [1.54, 1.807) is 0 Å². The van der Waals surface area contributed by atoms with E-state index in [2.05, 4.69) is 72.9 Å². The predicted octanol–water partition coefficient (Wildman–Crippen LogP) is 8.94. The standard InChI is InChI=1S/C39H25N7/c1-24-43-25(2)45-39(44-24)35-18-26(21-40)12-13-30(35)23-46-37-19-27(31-9-5-4-8-29(31)22-41)14-16-33(37)34-17-15-28(20-38(34)46)32-10-6-7-11-36(32)42-3/h4-20H,23H2,1-2H3. The van der Waals surface area contributed by atoms with E-state index in [9.17, 15) is 10.5 Å². The molecule has 7 heteroatoms. The third-order valence-corrected chi connectivity index (χ3v) is 8.23. The van der Waals surface area contributed by atoms with Gasteiger partial charge in [0.25, 0.3) is 0 Å². The van der Waals surface area contributed by atoms with Gasteiger partial charge in [-0.25, -0.2) is 19.8 Å². The molecule has 7 rings (SSSR count). The molecular formula is C39H25N7. The Labute approximate surface area is 266 Å². The maximum Gasteiger partial charge on any atom is 0.194 e. The summed E-state index contributed by atoms with van der Waals surface area (Å²) in [6.07, 6.45) is 0. The molecule has 216 valence electrons. The number of nitrogens with zero attached hydrogens (tertiary/aromatic N) is 7. The first-order chi connectivity index (χ1) is 22.5. The van der Waals surface area contributed by atoms with E-state index in [1.807, 2.05) is 80.6 Å². The Morgan fingerprint density at radius 2 is 1.30 bits per heavy atom. The van der Waals surface area contributed by atoms with Crippen molar-refractivity contribution >= 4 is 27.5 Å². The molecule has 2 aromatic heterocycles. The third kappa shape index (κ3) is 4.91. The highest BCUT2D eigenvalue weighted by atomic mass is 15.0. The molecule has 0 atom stereocenters. The molecule has 0 saturated heterocycles. The number of aromatic nitrogens is 4. The molecule has 7 nitrogen and oxygen atoms in total. The zero-order chi connectivity index (χ0) is 31.8. The SMILES string of the molecule is [C-]#[N+]c1ccccc1-c1ccc2c3ccc(-c4ccccc4C#N)cc3n(Cc3ccc(C#N)cc3-c3nc(C)nc(C)n3)c2c1. The van der Waals surface area contributed by atoms with Crippen LogP contribution in [0.4, 0.5) is 5.69 Å². The lowest BCUT2D eigenvalue weighted by Gasteiger charge is -2.14. The maximum absolute atomic E-state index is 9.84. The van der Waals surface area contributed by atoms with Crippen LogP contribution in [-0.2, 0) is 6.54 Å². The molecule has 0 radical (unpaired) electrons. The fraction of sp³-hybridized carbons (Fsp3) is 0.0769. The number of rotatable bonds is 5. The average Bonchev–Trinajstić information content (AvgIpc) is 3.39. The molecule has 2 heterocycles. The zero-order valence-corrected chi connectivity index (χ0v) is 25.2. The lowest BCUT2D eigenvalue weighted by atomic mass is 9.98. The van der Waals surface area contributed by atoms with Crippen molar-refractivity contribution in [3.05, 3.63) is 143 Å². The van der Waals surface area contributed by atoms with Crippen molar-refractivity contribution in [3.8, 4) is 45.8 Å². The Hall–Kier alpha value is -6.62. The fourth-order valence-electron chi connectivity index (χ4n) is 6.15. The largest absolute Gasteiger partial charge is 0.336 e. The van der Waals surface area contributed by atoms with Crippen molar-refractivity contribution in [2.75, 3.05) is 0 Å². The van der Waals surface area contributed by atoms with E-state index in [-0.39, 0.29) is 0 Å². The van der Waals surface area contributed by atoms with Crippen LogP contribution in [0.2, 0.25) is 0 Å². The molecule has 0 unspecified atom stereocenters. The second-order valence-electron chi connectivity index (χ2n) is 11.1. The smallest absolute Gasteiger partial charge is 0.194 e. The van der Waals surface area contributed by atoms with Gasteiger partial charge in [0.1, 0.15) is 11.6 Å². The van der Waals surface area contributed by atoms with Crippen LogP contribution in [0.5, 0.6) is 0 Å². The monoisotopic (exact) mass is 591 g/mol. The Morgan fingerprint density at radius 1 is 0.674 bits per heavy atom. The first kappa shape index (κ1) is 28.2. The van der Waals surface area contributed by atoms with E-state index < -0.39 is 0 Å². The number of hydrogen-bond acceptors (Lipinski definition) is 5. The van der Waals surface area contributed by atoms with Crippen molar-refractivity contribution in [2.24, 2.45) is 0 Å². The van der Waals surface area contributed by atoms with Gasteiger partial charge in [-0.2, -0.15) is 10.5 Å². The summed E-state index contributed by atoms with van der Waals surface area (Å²) in [5.41, 5.74) is 9.04. The highest BCUT2D eigenvalue weighted by molar-refractivity contribution is 6.10. The molecule has 0 aliphatic heterocycles. The van der Waals surface area contributed by atoms with E-state index in [1.165, 1.54) is 0 Å². The van der Waals surface area contributed by atoms with Crippen LogP contribution in [0.15, 0.2) is 103 Å². The molecule has 5 aromatic carbocycles. The zero-order valence-electron chi connectivity index (χ0n) is 25.2. The van der Waals surface area contributed by atoms with Crippen molar-refractivity contribution in [3.63, 3.8) is 0 Å². The Bertz CT molecular complexity index is 2330. The number of fused-ring (bicyclic) bond motifs is 3. The van der Waals surface area contributed by atoms with Gasteiger partial charge in [0.15, 0.2) is 11.5 Å². The molecule has 0 aliphatic rings. The average molecular weight is 592 g/mol. The summed E-state index contributed by atoms with van der Waals surface area (Å²) in [5, 5.41) is 21.7.